The van der Waals surface area contributed by atoms with Crippen molar-refractivity contribution in [2.24, 2.45) is 0 Å². The van der Waals surface area contributed by atoms with Gasteiger partial charge in [-0.2, -0.15) is 8.78 Å². The molecule has 0 radical (unpaired) electrons. The summed E-state index contributed by atoms with van der Waals surface area (Å²) in [5.41, 5.74) is 0.853. The molecule has 0 aliphatic rings. The van der Waals surface area contributed by atoms with Crippen LogP contribution in [0.2, 0.25) is 0 Å². The summed E-state index contributed by atoms with van der Waals surface area (Å²) < 4.78 is 28.6. The summed E-state index contributed by atoms with van der Waals surface area (Å²) in [4.78, 5) is 17.3. The van der Waals surface area contributed by atoms with E-state index in [2.05, 4.69) is 17.7 Å². The molecule has 1 amide bonds. The molecule has 0 spiro atoms. The number of hydrogen-bond acceptors (Lipinski definition) is 4. The number of halogens is 2. The normalized spacial score (nSPS) is 12.4. The van der Waals surface area contributed by atoms with Crippen molar-refractivity contribution in [2.75, 3.05) is 20.6 Å². The molecule has 7 heteroatoms. The molecule has 0 N–H and O–H groups in total. The lowest BCUT2D eigenvalue weighted by Crippen LogP contribution is -2.37. The van der Waals surface area contributed by atoms with Crippen molar-refractivity contribution in [2.45, 2.75) is 26.1 Å². The number of rotatable bonds is 8. The molecule has 136 valence electrons. The predicted octanol–water partition coefficient (Wildman–Crippen LogP) is 4.00. The summed E-state index contributed by atoms with van der Waals surface area (Å²) in [7, 11) is 3.65. The fourth-order valence-electron chi connectivity index (χ4n) is 2.36. The quantitative estimate of drug-likeness (QED) is 0.706. The number of likely N-dealkylation sites (N-methyl/N-ethyl adjacent to an activating group) is 2. The van der Waals surface area contributed by atoms with E-state index in [1.54, 1.807) is 35.4 Å². The SMILES string of the molecule is CC(c1cccs1)N(C)CC(=O)N(C)Cc1ccc(OC(F)F)cc1. The number of carbonyl (C=O) groups is 1. The fraction of sp³-hybridized carbons (Fsp3) is 0.389. The predicted molar refractivity (Wildman–Crippen MR) is 94.9 cm³/mol. The van der Waals surface area contributed by atoms with E-state index in [9.17, 15) is 13.6 Å². The third-order valence-corrected chi connectivity index (χ3v) is 5.04. The van der Waals surface area contributed by atoms with E-state index in [-0.39, 0.29) is 17.7 Å². The van der Waals surface area contributed by atoms with Crippen molar-refractivity contribution in [3.05, 3.63) is 52.2 Å². The second-order valence-corrected chi connectivity index (χ2v) is 6.86. The van der Waals surface area contributed by atoms with Gasteiger partial charge in [-0.05, 0) is 43.1 Å². The van der Waals surface area contributed by atoms with E-state index in [0.29, 0.717) is 13.1 Å². The number of hydrogen-bond donors (Lipinski definition) is 0. The summed E-state index contributed by atoms with van der Waals surface area (Å²) in [6.07, 6.45) is 0. The van der Waals surface area contributed by atoms with Gasteiger partial charge in [0.1, 0.15) is 5.75 Å². The molecule has 2 rings (SSSR count). The Morgan fingerprint density at radius 2 is 1.88 bits per heavy atom. The van der Waals surface area contributed by atoms with E-state index < -0.39 is 6.61 Å². The Kier molecular flexibility index (Phi) is 6.90. The van der Waals surface area contributed by atoms with Crippen molar-refractivity contribution < 1.29 is 18.3 Å². The monoisotopic (exact) mass is 368 g/mol. The fourth-order valence-corrected chi connectivity index (χ4v) is 3.20. The van der Waals surface area contributed by atoms with Crippen LogP contribution in [-0.4, -0.2) is 43.0 Å². The van der Waals surface area contributed by atoms with E-state index in [1.807, 2.05) is 23.4 Å². The summed E-state index contributed by atoms with van der Waals surface area (Å²) in [6.45, 7) is -0.0474. The molecule has 1 heterocycles. The average molecular weight is 368 g/mol. The van der Waals surface area contributed by atoms with Crippen molar-refractivity contribution in [1.29, 1.82) is 0 Å². The largest absolute Gasteiger partial charge is 0.435 e. The molecule has 0 aliphatic heterocycles. The van der Waals surface area contributed by atoms with E-state index >= 15 is 0 Å². The molecule has 4 nitrogen and oxygen atoms in total. The Labute approximate surface area is 150 Å². The first-order valence-electron chi connectivity index (χ1n) is 7.88. The molecule has 0 fully saturated rings. The standard InChI is InChI=1S/C18H22F2N2O2S/c1-13(16-5-4-10-25-16)21(2)12-17(23)22(3)11-14-6-8-15(9-7-14)24-18(19)20/h4-10,13,18H,11-12H2,1-3H3. The third-order valence-electron chi connectivity index (χ3n) is 3.99. The maximum absolute atomic E-state index is 12.4. The van der Waals surface area contributed by atoms with Crippen molar-refractivity contribution >= 4 is 17.2 Å². The van der Waals surface area contributed by atoms with Gasteiger partial charge in [0.05, 0.1) is 6.54 Å². The van der Waals surface area contributed by atoms with Crippen LogP contribution < -0.4 is 4.74 Å². The van der Waals surface area contributed by atoms with Gasteiger partial charge in [-0.3, -0.25) is 9.69 Å². The van der Waals surface area contributed by atoms with Crippen LogP contribution in [0, 0.1) is 0 Å². The van der Waals surface area contributed by atoms with Gasteiger partial charge >= 0.3 is 6.61 Å². The zero-order chi connectivity index (χ0) is 18.4. The van der Waals surface area contributed by atoms with Gasteiger partial charge in [0.15, 0.2) is 0 Å². The number of ether oxygens (including phenoxy) is 1. The van der Waals surface area contributed by atoms with Gasteiger partial charge in [-0.1, -0.05) is 18.2 Å². The molecule has 0 saturated heterocycles. The smallest absolute Gasteiger partial charge is 0.387 e. The third kappa shape index (κ3) is 5.79. The Morgan fingerprint density at radius 3 is 2.44 bits per heavy atom. The number of amides is 1. The Morgan fingerprint density at radius 1 is 1.20 bits per heavy atom. The molecule has 0 aliphatic carbocycles. The van der Waals surface area contributed by atoms with Crippen LogP contribution in [0.3, 0.4) is 0 Å². The van der Waals surface area contributed by atoms with Crippen LogP contribution in [0.15, 0.2) is 41.8 Å². The van der Waals surface area contributed by atoms with Crippen LogP contribution in [0.4, 0.5) is 8.78 Å². The highest BCUT2D eigenvalue weighted by Crippen LogP contribution is 2.23. The molecule has 1 unspecified atom stereocenters. The minimum atomic E-state index is -2.84. The molecule has 25 heavy (non-hydrogen) atoms. The Hall–Kier alpha value is -1.99. The lowest BCUT2D eigenvalue weighted by Gasteiger charge is -2.26. The maximum Gasteiger partial charge on any atom is 0.387 e. The number of thiophene rings is 1. The second kappa shape index (κ2) is 8.92. The molecule has 0 saturated carbocycles. The van der Waals surface area contributed by atoms with E-state index in [4.69, 9.17) is 0 Å². The van der Waals surface area contributed by atoms with Crippen molar-refractivity contribution in [3.63, 3.8) is 0 Å². The van der Waals surface area contributed by atoms with E-state index in [0.717, 1.165) is 5.56 Å². The van der Waals surface area contributed by atoms with Crippen molar-refractivity contribution in [3.8, 4) is 5.75 Å². The average Bonchev–Trinajstić information content (AvgIpc) is 3.09. The molecule has 1 atom stereocenters. The molecule has 1 aromatic carbocycles. The van der Waals surface area contributed by atoms with Gasteiger partial charge < -0.3 is 9.64 Å². The van der Waals surface area contributed by atoms with Crippen LogP contribution in [0.25, 0.3) is 0 Å². The number of benzene rings is 1. The van der Waals surface area contributed by atoms with Gasteiger partial charge in [-0.15, -0.1) is 11.3 Å². The van der Waals surface area contributed by atoms with Gasteiger partial charge in [0.2, 0.25) is 5.91 Å². The number of carbonyl (C=O) groups excluding carboxylic acids is 1. The summed E-state index contributed by atoms with van der Waals surface area (Å²) in [5, 5.41) is 2.02. The summed E-state index contributed by atoms with van der Waals surface area (Å²) in [6, 6.07) is 10.5. The van der Waals surface area contributed by atoms with Crippen molar-refractivity contribution in [1.82, 2.24) is 9.80 Å². The lowest BCUT2D eigenvalue weighted by atomic mass is 10.2. The first-order chi connectivity index (χ1) is 11.9. The minimum absolute atomic E-state index is 0.00110. The highest BCUT2D eigenvalue weighted by atomic mass is 32.1. The highest BCUT2D eigenvalue weighted by molar-refractivity contribution is 7.10. The first kappa shape index (κ1) is 19.3. The van der Waals surface area contributed by atoms with E-state index in [1.165, 1.54) is 17.0 Å². The van der Waals surface area contributed by atoms with Gasteiger partial charge in [0, 0.05) is 24.5 Å². The lowest BCUT2D eigenvalue weighted by molar-refractivity contribution is -0.131. The zero-order valence-corrected chi connectivity index (χ0v) is 15.3. The second-order valence-electron chi connectivity index (χ2n) is 5.88. The summed E-state index contributed by atoms with van der Waals surface area (Å²) in [5.74, 6) is 0.107. The van der Waals surface area contributed by atoms with Crippen LogP contribution >= 0.6 is 11.3 Å². The first-order valence-corrected chi connectivity index (χ1v) is 8.76. The van der Waals surface area contributed by atoms with Crippen LogP contribution in [0.5, 0.6) is 5.75 Å². The number of nitrogens with zero attached hydrogens (tertiary/aromatic N) is 2. The molecular weight excluding hydrogens is 346 g/mol. The number of alkyl halides is 2. The Bertz CT molecular complexity index is 662. The zero-order valence-electron chi connectivity index (χ0n) is 14.5. The Balaban J connectivity index is 1.87. The highest BCUT2D eigenvalue weighted by Gasteiger charge is 2.18. The molecule has 1 aromatic heterocycles. The molecule has 2 aromatic rings. The minimum Gasteiger partial charge on any atom is -0.435 e. The maximum atomic E-state index is 12.4. The summed E-state index contributed by atoms with van der Waals surface area (Å²) >= 11 is 1.67. The topological polar surface area (TPSA) is 32.8 Å². The van der Waals surface area contributed by atoms with Gasteiger partial charge in [-0.25, -0.2) is 0 Å². The molecular formula is C18H22F2N2O2S. The van der Waals surface area contributed by atoms with Crippen LogP contribution in [-0.2, 0) is 11.3 Å². The molecule has 0 bridgehead atoms. The van der Waals surface area contributed by atoms with Crippen LogP contribution in [0.1, 0.15) is 23.4 Å². The van der Waals surface area contributed by atoms with Gasteiger partial charge in [0.25, 0.3) is 0 Å².